The Labute approximate surface area is 121 Å². The van der Waals surface area contributed by atoms with Crippen LogP contribution >= 0.6 is 11.6 Å². The summed E-state index contributed by atoms with van der Waals surface area (Å²) in [6, 6.07) is 2.44. The molecule has 2 aliphatic heterocycles. The van der Waals surface area contributed by atoms with Crippen LogP contribution in [0.1, 0.15) is 25.7 Å². The molecule has 0 amide bonds. The standard InChI is InChI=1S/C13H14ClF2NO2S/c14-8-5-9-1-2-10(6-8)17(9)20(18,19)11-3-4-12(15)13(16)7-11/h3-4,7-10H,1-2,5-6H2. The van der Waals surface area contributed by atoms with E-state index in [9.17, 15) is 17.2 Å². The van der Waals surface area contributed by atoms with Crippen molar-refractivity contribution in [3.8, 4) is 0 Å². The number of nitrogens with zero attached hydrogens (tertiary/aromatic N) is 1. The number of halogens is 3. The van der Waals surface area contributed by atoms with Crippen LogP contribution in [0.3, 0.4) is 0 Å². The van der Waals surface area contributed by atoms with E-state index in [1.165, 1.54) is 4.31 Å². The lowest BCUT2D eigenvalue weighted by molar-refractivity contribution is 0.251. The van der Waals surface area contributed by atoms with Gasteiger partial charge < -0.3 is 0 Å². The Bertz CT molecular complexity index is 623. The first-order valence-electron chi connectivity index (χ1n) is 6.52. The van der Waals surface area contributed by atoms with Gasteiger partial charge in [0, 0.05) is 17.5 Å². The van der Waals surface area contributed by atoms with E-state index in [1.54, 1.807) is 0 Å². The summed E-state index contributed by atoms with van der Waals surface area (Å²) < 4.78 is 52.9. The zero-order valence-corrected chi connectivity index (χ0v) is 12.2. The molecule has 1 aromatic rings. The third-order valence-electron chi connectivity index (χ3n) is 4.08. The van der Waals surface area contributed by atoms with Crippen molar-refractivity contribution < 1.29 is 17.2 Å². The minimum Gasteiger partial charge on any atom is -0.207 e. The van der Waals surface area contributed by atoms with E-state index in [1.807, 2.05) is 0 Å². The van der Waals surface area contributed by atoms with Crippen LogP contribution in [0.5, 0.6) is 0 Å². The van der Waals surface area contributed by atoms with Gasteiger partial charge in [-0.3, -0.25) is 0 Å². The van der Waals surface area contributed by atoms with Gasteiger partial charge in [0.15, 0.2) is 11.6 Å². The van der Waals surface area contributed by atoms with E-state index in [4.69, 9.17) is 11.6 Å². The molecule has 0 saturated carbocycles. The van der Waals surface area contributed by atoms with Gasteiger partial charge >= 0.3 is 0 Å². The van der Waals surface area contributed by atoms with Crippen LogP contribution in [0.2, 0.25) is 0 Å². The van der Waals surface area contributed by atoms with Crippen molar-refractivity contribution in [1.29, 1.82) is 0 Å². The largest absolute Gasteiger partial charge is 0.243 e. The molecule has 0 spiro atoms. The molecule has 0 aromatic heterocycles. The Morgan fingerprint density at radius 2 is 1.70 bits per heavy atom. The zero-order chi connectivity index (χ0) is 14.5. The number of alkyl halides is 1. The lowest BCUT2D eigenvalue weighted by atomic mass is 10.1. The summed E-state index contributed by atoms with van der Waals surface area (Å²) in [6.45, 7) is 0. The highest BCUT2D eigenvalue weighted by atomic mass is 35.5. The fourth-order valence-corrected chi connectivity index (χ4v) is 5.53. The second-order valence-corrected chi connectivity index (χ2v) is 7.82. The molecule has 3 nitrogen and oxygen atoms in total. The molecule has 0 N–H and O–H groups in total. The molecule has 0 aliphatic carbocycles. The second kappa shape index (κ2) is 4.93. The van der Waals surface area contributed by atoms with Crippen molar-refractivity contribution in [3.05, 3.63) is 29.8 Å². The van der Waals surface area contributed by atoms with Crippen LogP contribution in [-0.4, -0.2) is 30.2 Å². The predicted octanol–water partition coefficient (Wildman–Crippen LogP) is 2.89. The first-order valence-corrected chi connectivity index (χ1v) is 8.40. The zero-order valence-electron chi connectivity index (χ0n) is 10.6. The Morgan fingerprint density at radius 3 is 2.25 bits per heavy atom. The van der Waals surface area contributed by atoms with E-state index in [0.717, 1.165) is 31.0 Å². The molecular weight excluding hydrogens is 308 g/mol. The Kier molecular flexibility index (Phi) is 3.51. The van der Waals surface area contributed by atoms with E-state index in [-0.39, 0.29) is 22.4 Å². The van der Waals surface area contributed by atoms with Crippen molar-refractivity contribution >= 4 is 21.6 Å². The molecular formula is C13H14ClF2NO2S. The van der Waals surface area contributed by atoms with Crippen LogP contribution in [0.15, 0.2) is 23.1 Å². The van der Waals surface area contributed by atoms with Gasteiger partial charge in [0.2, 0.25) is 10.0 Å². The third kappa shape index (κ3) is 2.23. The van der Waals surface area contributed by atoms with Gasteiger partial charge in [-0.1, -0.05) is 0 Å². The number of benzene rings is 1. The fraction of sp³-hybridized carbons (Fsp3) is 0.538. The highest BCUT2D eigenvalue weighted by Crippen LogP contribution is 2.41. The highest BCUT2D eigenvalue weighted by Gasteiger charge is 2.46. The van der Waals surface area contributed by atoms with Gasteiger partial charge in [0.05, 0.1) is 4.90 Å². The van der Waals surface area contributed by atoms with Gasteiger partial charge in [0.25, 0.3) is 0 Å². The fourth-order valence-electron chi connectivity index (χ4n) is 3.22. The first-order chi connectivity index (χ1) is 9.39. The second-order valence-electron chi connectivity index (χ2n) is 5.36. The van der Waals surface area contributed by atoms with Crippen LogP contribution < -0.4 is 0 Å². The summed E-state index contributed by atoms with van der Waals surface area (Å²) in [5.41, 5.74) is 0. The molecule has 2 unspecified atom stereocenters. The molecule has 110 valence electrons. The molecule has 3 rings (SSSR count). The molecule has 2 bridgehead atoms. The van der Waals surface area contributed by atoms with Gasteiger partial charge in [-0.05, 0) is 43.9 Å². The Hall–Kier alpha value is -0.720. The van der Waals surface area contributed by atoms with Crippen LogP contribution in [-0.2, 0) is 10.0 Å². The summed E-state index contributed by atoms with van der Waals surface area (Å²) in [4.78, 5) is -0.193. The van der Waals surface area contributed by atoms with Crippen LogP contribution in [0, 0.1) is 11.6 Å². The van der Waals surface area contributed by atoms with Crippen molar-refractivity contribution in [3.63, 3.8) is 0 Å². The first kappa shape index (κ1) is 14.2. The number of hydrogen-bond acceptors (Lipinski definition) is 2. The summed E-state index contributed by atoms with van der Waals surface area (Å²) in [6.07, 6.45) is 2.77. The van der Waals surface area contributed by atoms with Crippen molar-refractivity contribution in [2.75, 3.05) is 0 Å². The van der Waals surface area contributed by atoms with E-state index in [2.05, 4.69) is 0 Å². The predicted molar refractivity (Wildman–Crippen MR) is 71.1 cm³/mol. The molecule has 0 radical (unpaired) electrons. The lowest BCUT2D eigenvalue weighted by Gasteiger charge is -2.35. The normalized spacial score (nSPS) is 30.6. The molecule has 2 aliphatic rings. The van der Waals surface area contributed by atoms with Gasteiger partial charge in [-0.15, -0.1) is 11.6 Å². The van der Waals surface area contributed by atoms with E-state index < -0.39 is 21.7 Å². The molecule has 2 atom stereocenters. The number of rotatable bonds is 2. The maximum atomic E-state index is 13.3. The summed E-state index contributed by atoms with van der Waals surface area (Å²) in [5, 5.41) is -0.0103. The van der Waals surface area contributed by atoms with Gasteiger partial charge in [0.1, 0.15) is 0 Å². The summed E-state index contributed by atoms with van der Waals surface area (Å²) >= 11 is 6.12. The SMILES string of the molecule is O=S(=O)(c1ccc(F)c(F)c1)N1C2CCC1CC(Cl)C2. The topological polar surface area (TPSA) is 37.4 Å². The molecule has 2 fully saturated rings. The Balaban J connectivity index is 1.98. The quantitative estimate of drug-likeness (QED) is 0.785. The summed E-state index contributed by atoms with van der Waals surface area (Å²) in [5.74, 6) is -2.20. The van der Waals surface area contributed by atoms with E-state index in [0.29, 0.717) is 12.8 Å². The van der Waals surface area contributed by atoms with E-state index >= 15 is 0 Å². The average Bonchev–Trinajstić information content (AvgIpc) is 2.66. The van der Waals surface area contributed by atoms with Crippen molar-refractivity contribution in [1.82, 2.24) is 4.31 Å². The molecule has 1 aromatic carbocycles. The number of hydrogen-bond donors (Lipinski definition) is 0. The maximum absolute atomic E-state index is 13.3. The minimum atomic E-state index is -3.79. The Morgan fingerprint density at radius 1 is 1.10 bits per heavy atom. The smallest absolute Gasteiger partial charge is 0.207 e. The highest BCUT2D eigenvalue weighted by molar-refractivity contribution is 7.89. The van der Waals surface area contributed by atoms with Gasteiger partial charge in [-0.25, -0.2) is 17.2 Å². The number of fused-ring (bicyclic) bond motifs is 2. The van der Waals surface area contributed by atoms with Crippen LogP contribution in [0.4, 0.5) is 8.78 Å². The number of sulfonamides is 1. The lowest BCUT2D eigenvalue weighted by Crippen LogP contribution is -2.46. The third-order valence-corrected chi connectivity index (χ3v) is 6.43. The van der Waals surface area contributed by atoms with Crippen LogP contribution in [0.25, 0.3) is 0 Å². The maximum Gasteiger partial charge on any atom is 0.243 e. The molecule has 2 heterocycles. The summed E-state index contributed by atoms with van der Waals surface area (Å²) in [7, 11) is -3.79. The molecule has 2 saturated heterocycles. The number of piperidine rings is 1. The molecule has 7 heteroatoms. The average molecular weight is 322 g/mol. The minimum absolute atomic E-state index is 0.0103. The monoisotopic (exact) mass is 321 g/mol. The molecule has 20 heavy (non-hydrogen) atoms. The van der Waals surface area contributed by atoms with Crippen molar-refractivity contribution in [2.45, 2.75) is 48.0 Å². The van der Waals surface area contributed by atoms with Crippen molar-refractivity contribution in [2.24, 2.45) is 0 Å². The van der Waals surface area contributed by atoms with Gasteiger partial charge in [-0.2, -0.15) is 4.31 Å².